The molecule has 67 heavy (non-hydrogen) atoms. The lowest BCUT2D eigenvalue weighted by atomic mass is 10.0. The molecular formula is C44H72N8O14S. The number of benzene rings is 1. The summed E-state index contributed by atoms with van der Waals surface area (Å²) in [5.41, 5.74) is 5.65. The third-order valence-corrected chi connectivity index (χ3v) is 11.2. The van der Waals surface area contributed by atoms with Crippen LogP contribution in [0, 0.1) is 5.92 Å². The molecule has 0 aliphatic carbocycles. The zero-order valence-electron chi connectivity index (χ0n) is 39.5. The number of aliphatic hydroxyl groups is 1. The zero-order chi connectivity index (χ0) is 49.9. The average Bonchev–Trinajstić information content (AvgIpc) is 3.53. The van der Waals surface area contributed by atoms with E-state index in [0.717, 1.165) is 0 Å². The van der Waals surface area contributed by atoms with Crippen LogP contribution in [-0.4, -0.2) is 143 Å². The van der Waals surface area contributed by atoms with E-state index < -0.39 is 59.3 Å². The van der Waals surface area contributed by atoms with Crippen molar-refractivity contribution in [1.29, 1.82) is 0 Å². The third kappa shape index (κ3) is 24.0. The SMILES string of the molecule is CCC(CO)OC(COC(=O)NCCC(=O)NCCSC1CC(=O)N(CCCCCC(=O)N[C@H](C(=O)N[C@@H](CCCNC(N)=O)C(=O)Nc2ccc(COO)cc2)C(C)C)C1=O)OC(C)(C)C. The first kappa shape index (κ1) is 58.1. The molecule has 2 rings (SSSR count). The minimum atomic E-state index is -1.02. The van der Waals surface area contributed by atoms with Crippen LogP contribution in [0.15, 0.2) is 24.3 Å². The van der Waals surface area contributed by atoms with Gasteiger partial charge in [-0.3, -0.25) is 38.9 Å². The molecule has 23 heteroatoms. The Morgan fingerprint density at radius 1 is 0.896 bits per heavy atom. The number of ether oxygens (including phenoxy) is 3. The van der Waals surface area contributed by atoms with Crippen LogP contribution in [0.25, 0.3) is 0 Å². The van der Waals surface area contributed by atoms with Crippen LogP contribution in [0.4, 0.5) is 15.3 Å². The van der Waals surface area contributed by atoms with Crippen LogP contribution in [0.1, 0.15) is 105 Å². The van der Waals surface area contributed by atoms with Gasteiger partial charge >= 0.3 is 12.1 Å². The van der Waals surface area contributed by atoms with Gasteiger partial charge in [0.2, 0.25) is 35.4 Å². The number of likely N-dealkylation sites (tertiary alicyclic amines) is 1. The number of amides is 9. The van der Waals surface area contributed by atoms with Gasteiger partial charge in [-0.15, -0.1) is 11.8 Å². The number of urea groups is 1. The average molecular weight is 969 g/mol. The van der Waals surface area contributed by atoms with Gasteiger partial charge in [-0.2, -0.15) is 0 Å². The Labute approximate surface area is 396 Å². The molecule has 1 aliphatic heterocycles. The van der Waals surface area contributed by atoms with Crippen LogP contribution in [-0.2, 0) is 54.5 Å². The second-order valence-electron chi connectivity index (χ2n) is 17.1. The van der Waals surface area contributed by atoms with Crippen molar-refractivity contribution >= 4 is 65.0 Å². The minimum Gasteiger partial charge on any atom is -0.444 e. The van der Waals surface area contributed by atoms with Crippen molar-refractivity contribution in [2.24, 2.45) is 11.7 Å². The number of alkyl carbamates (subject to hydrolysis) is 1. The van der Waals surface area contributed by atoms with E-state index in [1.165, 1.54) is 16.7 Å². The fraction of sp³-hybridized carbons (Fsp3) is 0.682. The van der Waals surface area contributed by atoms with Crippen LogP contribution in [0.2, 0.25) is 0 Å². The lowest BCUT2D eigenvalue weighted by Crippen LogP contribution is -2.54. The van der Waals surface area contributed by atoms with E-state index in [1.807, 2.05) is 27.7 Å². The lowest BCUT2D eigenvalue weighted by Gasteiger charge is -2.29. The quantitative estimate of drug-likeness (QED) is 0.0165. The Balaban J connectivity index is 1.73. The largest absolute Gasteiger partial charge is 0.444 e. The predicted octanol–water partition coefficient (Wildman–Crippen LogP) is 2.27. The van der Waals surface area contributed by atoms with E-state index in [9.17, 15) is 43.5 Å². The van der Waals surface area contributed by atoms with E-state index in [-0.39, 0.29) is 101 Å². The molecule has 22 nitrogen and oxygen atoms in total. The van der Waals surface area contributed by atoms with Gasteiger partial charge in [0.1, 0.15) is 25.3 Å². The van der Waals surface area contributed by atoms with Gasteiger partial charge < -0.3 is 57.0 Å². The molecule has 9 amide bonds. The van der Waals surface area contributed by atoms with Crippen LogP contribution in [0.3, 0.4) is 0 Å². The zero-order valence-corrected chi connectivity index (χ0v) is 40.3. The number of imide groups is 1. The highest BCUT2D eigenvalue weighted by Crippen LogP contribution is 2.25. The maximum Gasteiger partial charge on any atom is 0.407 e. The number of aliphatic hydroxyl groups excluding tert-OH is 1. The molecule has 1 saturated heterocycles. The smallest absolute Gasteiger partial charge is 0.407 e. The number of unbranched alkanes of at least 4 members (excludes halogenated alkanes) is 2. The fourth-order valence-corrected chi connectivity index (χ4v) is 7.53. The molecule has 1 fully saturated rings. The maximum atomic E-state index is 13.5. The Morgan fingerprint density at radius 3 is 2.24 bits per heavy atom. The van der Waals surface area contributed by atoms with E-state index in [2.05, 4.69) is 36.8 Å². The van der Waals surface area contributed by atoms with Gasteiger partial charge in [-0.05, 0) is 76.5 Å². The summed E-state index contributed by atoms with van der Waals surface area (Å²) in [6, 6.07) is 3.79. The number of carbonyl (C=O) groups is 8. The van der Waals surface area contributed by atoms with Crippen molar-refractivity contribution in [3.63, 3.8) is 0 Å². The number of nitrogens with zero attached hydrogens (tertiary/aromatic N) is 1. The van der Waals surface area contributed by atoms with Gasteiger partial charge in [0.15, 0.2) is 6.29 Å². The van der Waals surface area contributed by atoms with Gasteiger partial charge in [0.25, 0.3) is 0 Å². The molecular weight excluding hydrogens is 897 g/mol. The number of hydrogen-bond donors (Lipinski definition) is 9. The van der Waals surface area contributed by atoms with Gasteiger partial charge in [-0.25, -0.2) is 14.5 Å². The first-order valence-corrected chi connectivity index (χ1v) is 23.7. The Morgan fingerprint density at radius 2 is 1.61 bits per heavy atom. The first-order valence-electron chi connectivity index (χ1n) is 22.6. The lowest BCUT2D eigenvalue weighted by molar-refractivity contribution is -0.253. The monoisotopic (exact) mass is 968 g/mol. The van der Waals surface area contributed by atoms with Crippen LogP contribution < -0.4 is 37.6 Å². The van der Waals surface area contributed by atoms with Crippen LogP contribution >= 0.6 is 11.8 Å². The van der Waals surface area contributed by atoms with E-state index in [4.69, 9.17) is 25.2 Å². The van der Waals surface area contributed by atoms with Gasteiger partial charge in [-0.1, -0.05) is 39.3 Å². The summed E-state index contributed by atoms with van der Waals surface area (Å²) in [6.07, 6.45) is 0.376. The molecule has 0 radical (unpaired) electrons. The molecule has 0 spiro atoms. The number of primary amides is 1. The number of nitrogens with one attached hydrogen (secondary N) is 6. The van der Waals surface area contributed by atoms with E-state index >= 15 is 0 Å². The maximum absolute atomic E-state index is 13.5. The third-order valence-electron chi connectivity index (χ3n) is 10.0. The summed E-state index contributed by atoms with van der Waals surface area (Å²) < 4.78 is 16.7. The topological polar surface area (TPSA) is 315 Å². The highest BCUT2D eigenvalue weighted by molar-refractivity contribution is 8.00. The summed E-state index contributed by atoms with van der Waals surface area (Å²) in [5.74, 6) is -2.37. The van der Waals surface area contributed by atoms with Gasteiger partial charge in [0, 0.05) is 56.9 Å². The van der Waals surface area contributed by atoms with Gasteiger partial charge in [0.05, 0.1) is 23.6 Å². The van der Waals surface area contributed by atoms with Crippen LogP contribution in [0.5, 0.6) is 0 Å². The summed E-state index contributed by atoms with van der Waals surface area (Å²) in [5, 5.41) is 33.4. The predicted molar refractivity (Wildman–Crippen MR) is 248 cm³/mol. The second kappa shape index (κ2) is 31.1. The van der Waals surface area contributed by atoms with Crippen molar-refractivity contribution in [3.8, 4) is 0 Å². The molecule has 1 heterocycles. The molecule has 10 N–H and O–H groups in total. The highest BCUT2D eigenvalue weighted by Gasteiger charge is 2.38. The molecule has 0 saturated carbocycles. The molecule has 1 aliphatic rings. The normalized spacial score (nSPS) is 15.6. The summed E-state index contributed by atoms with van der Waals surface area (Å²) >= 11 is 1.27. The van der Waals surface area contributed by atoms with E-state index in [0.29, 0.717) is 49.1 Å². The first-order chi connectivity index (χ1) is 31.8. The number of thioether (sulfide) groups is 1. The second-order valence-corrected chi connectivity index (χ2v) is 18.4. The standard InChI is InChI=1S/C44H72N8O14S/c1-7-31(25-53)65-37(66-44(4,5)6)27-63-43(61)48-20-18-34(54)46-21-23-67-33-24-36(56)52(41(33)59)22-10-8-9-13-35(55)51-38(28(2)3)40(58)50-32(12-11-19-47-42(45)60)39(57)49-30-16-14-29(15-17-30)26-64-62/h14-17,28,31-33,37-38,53,62H,7-13,18-27H2,1-6H3,(H,46,54)(H,48,61)(H,49,57)(H,50,58)(H,51,55)(H3,45,47,60)/t31?,32-,33?,37?,38-/m0/s1. The summed E-state index contributed by atoms with van der Waals surface area (Å²) in [7, 11) is 0. The van der Waals surface area contributed by atoms with Crippen molar-refractivity contribution < 1.29 is 67.8 Å². The molecule has 1 aromatic carbocycles. The summed E-state index contributed by atoms with van der Waals surface area (Å²) in [6.45, 7) is 10.9. The molecule has 0 aromatic heterocycles. The molecule has 3 unspecified atom stereocenters. The number of carbonyl (C=O) groups excluding carboxylic acids is 8. The Bertz CT molecular complexity index is 1750. The molecule has 378 valence electrons. The fourth-order valence-electron chi connectivity index (χ4n) is 6.50. The van der Waals surface area contributed by atoms with E-state index in [1.54, 1.807) is 38.1 Å². The van der Waals surface area contributed by atoms with Crippen molar-refractivity contribution in [2.75, 3.05) is 50.5 Å². The van der Waals surface area contributed by atoms with Crippen molar-refractivity contribution in [3.05, 3.63) is 29.8 Å². The molecule has 5 atom stereocenters. The summed E-state index contributed by atoms with van der Waals surface area (Å²) in [4.78, 5) is 106. The number of rotatable bonds is 32. The van der Waals surface area contributed by atoms with Crippen molar-refractivity contribution in [2.45, 2.75) is 141 Å². The molecule has 1 aromatic rings. The number of nitrogens with two attached hydrogens (primary N) is 1. The van der Waals surface area contributed by atoms with Crippen molar-refractivity contribution in [1.82, 2.24) is 31.5 Å². The number of hydrogen-bond acceptors (Lipinski definition) is 15. The Hall–Kier alpha value is -5.07. The molecule has 0 bridgehead atoms. The highest BCUT2D eigenvalue weighted by atomic mass is 32.2. The number of anilines is 1. The Kier molecular flexibility index (Phi) is 26.9. The minimum absolute atomic E-state index is 0.00815.